The summed E-state index contributed by atoms with van der Waals surface area (Å²) >= 11 is 0. The average Bonchev–Trinajstić information content (AvgIpc) is 3.23. The van der Waals surface area contributed by atoms with Crippen molar-refractivity contribution in [2.75, 3.05) is 22.9 Å². The molecule has 1 N–H and O–H groups in total. The quantitative estimate of drug-likeness (QED) is 0.292. The van der Waals surface area contributed by atoms with Gasteiger partial charge in [-0.2, -0.15) is 0 Å². The van der Waals surface area contributed by atoms with Crippen LogP contribution < -0.4 is 9.80 Å². The lowest BCUT2D eigenvalue weighted by molar-refractivity contribution is -0.132. The van der Waals surface area contributed by atoms with Crippen molar-refractivity contribution >= 4 is 28.8 Å². The van der Waals surface area contributed by atoms with Crippen molar-refractivity contribution in [2.24, 2.45) is 0 Å². The summed E-state index contributed by atoms with van der Waals surface area (Å²) in [5.41, 5.74) is 5.60. The number of carbonyl (C=O) groups is 2. The number of aliphatic hydroxyl groups excluding tert-OH is 1. The van der Waals surface area contributed by atoms with E-state index in [1.165, 1.54) is 41.7 Å². The van der Waals surface area contributed by atoms with Gasteiger partial charge in [0.25, 0.3) is 11.7 Å². The maximum absolute atomic E-state index is 13.5. The van der Waals surface area contributed by atoms with Crippen LogP contribution in [-0.4, -0.2) is 34.9 Å². The average molecular weight is 494 g/mol. The zero-order valence-corrected chi connectivity index (χ0v) is 20.9. The van der Waals surface area contributed by atoms with E-state index < -0.39 is 17.7 Å². The summed E-state index contributed by atoms with van der Waals surface area (Å²) in [5.74, 6) is -1.45. The number of anilines is 2. The van der Waals surface area contributed by atoms with Crippen LogP contribution in [0.3, 0.4) is 0 Å². The van der Waals surface area contributed by atoms with Crippen LogP contribution in [0.4, 0.5) is 11.4 Å². The second-order valence-corrected chi connectivity index (χ2v) is 10.2. The third-order valence-electron chi connectivity index (χ3n) is 7.92. The third-order valence-corrected chi connectivity index (χ3v) is 7.92. The number of piperidine rings is 1. The van der Waals surface area contributed by atoms with Gasteiger partial charge in [-0.05, 0) is 98.0 Å². The minimum absolute atomic E-state index is 0.105. The standard InChI is InChI=1S/C31H31N3O3/c35-29(23-11-10-21-7-2-3-8-22(21)19-23)27-28(24-9-6-16-32-20-24)34(31(37)30(27)36)26-14-12-25(13-15-26)33-17-4-1-5-18-33/h6,9-16,19-20,28,35H,1-5,7-8,17-18H2/b29-27-. The molecule has 37 heavy (non-hydrogen) atoms. The Balaban J connectivity index is 1.43. The van der Waals surface area contributed by atoms with Gasteiger partial charge in [0, 0.05) is 42.4 Å². The lowest BCUT2D eigenvalue weighted by Gasteiger charge is -2.30. The van der Waals surface area contributed by atoms with E-state index in [1.807, 2.05) is 48.5 Å². The topological polar surface area (TPSA) is 73.7 Å². The lowest BCUT2D eigenvalue weighted by Crippen LogP contribution is -2.30. The highest BCUT2D eigenvalue weighted by molar-refractivity contribution is 6.51. The summed E-state index contributed by atoms with van der Waals surface area (Å²) < 4.78 is 0. The smallest absolute Gasteiger partial charge is 0.300 e. The number of aromatic nitrogens is 1. The second kappa shape index (κ2) is 9.85. The predicted octanol–water partition coefficient (Wildman–Crippen LogP) is 5.58. The van der Waals surface area contributed by atoms with Gasteiger partial charge >= 0.3 is 0 Å². The number of fused-ring (bicyclic) bond motifs is 1. The summed E-state index contributed by atoms with van der Waals surface area (Å²) in [7, 11) is 0. The molecule has 0 spiro atoms. The van der Waals surface area contributed by atoms with E-state index in [0.717, 1.165) is 38.0 Å². The number of Topliss-reactive ketones (excluding diaryl/α,β-unsaturated/α-hetero) is 1. The van der Waals surface area contributed by atoms with E-state index in [-0.39, 0.29) is 11.3 Å². The van der Waals surface area contributed by atoms with Gasteiger partial charge in [0.05, 0.1) is 11.6 Å². The fourth-order valence-corrected chi connectivity index (χ4v) is 5.96. The maximum atomic E-state index is 13.5. The minimum atomic E-state index is -0.759. The number of nitrogens with zero attached hydrogens (tertiary/aromatic N) is 3. The van der Waals surface area contributed by atoms with E-state index in [1.54, 1.807) is 18.5 Å². The summed E-state index contributed by atoms with van der Waals surface area (Å²) in [6.45, 7) is 2.06. The highest BCUT2D eigenvalue weighted by atomic mass is 16.3. The number of hydrogen-bond donors (Lipinski definition) is 1. The van der Waals surface area contributed by atoms with Crippen molar-refractivity contribution in [3.63, 3.8) is 0 Å². The highest BCUT2D eigenvalue weighted by Crippen LogP contribution is 2.42. The molecular weight excluding hydrogens is 462 g/mol. The molecule has 3 aliphatic rings. The molecule has 0 radical (unpaired) electrons. The Bertz CT molecular complexity index is 1360. The molecule has 3 heterocycles. The number of pyridine rings is 1. The van der Waals surface area contributed by atoms with Crippen molar-refractivity contribution in [3.8, 4) is 0 Å². The summed E-state index contributed by atoms with van der Waals surface area (Å²) in [5, 5.41) is 11.5. The van der Waals surface area contributed by atoms with Crippen LogP contribution in [0.2, 0.25) is 0 Å². The number of benzene rings is 2. The number of rotatable bonds is 4. The van der Waals surface area contributed by atoms with Gasteiger partial charge in [0.1, 0.15) is 5.76 Å². The molecule has 1 amide bonds. The normalized spacial score (nSPS) is 21.2. The zero-order chi connectivity index (χ0) is 25.4. The van der Waals surface area contributed by atoms with Crippen molar-refractivity contribution < 1.29 is 14.7 Å². The highest BCUT2D eigenvalue weighted by Gasteiger charge is 2.47. The molecule has 2 fully saturated rings. The summed E-state index contributed by atoms with van der Waals surface area (Å²) in [4.78, 5) is 35.0. The number of ketones is 1. The summed E-state index contributed by atoms with van der Waals surface area (Å²) in [6, 6.07) is 16.6. The first-order valence-corrected chi connectivity index (χ1v) is 13.3. The van der Waals surface area contributed by atoms with Gasteiger partial charge in [-0.1, -0.05) is 18.2 Å². The van der Waals surface area contributed by atoms with E-state index >= 15 is 0 Å². The van der Waals surface area contributed by atoms with Crippen LogP contribution in [0.25, 0.3) is 5.76 Å². The molecule has 6 heteroatoms. The van der Waals surface area contributed by atoms with Crippen LogP contribution >= 0.6 is 0 Å². The summed E-state index contributed by atoms with van der Waals surface area (Å²) in [6.07, 6.45) is 11.2. The molecule has 2 aromatic carbocycles. The van der Waals surface area contributed by atoms with E-state index in [9.17, 15) is 14.7 Å². The maximum Gasteiger partial charge on any atom is 0.300 e. The largest absolute Gasteiger partial charge is 0.507 e. The first-order valence-electron chi connectivity index (χ1n) is 13.3. The molecule has 1 aromatic heterocycles. The van der Waals surface area contributed by atoms with E-state index in [4.69, 9.17) is 0 Å². The molecule has 6 nitrogen and oxygen atoms in total. The van der Waals surface area contributed by atoms with Crippen molar-refractivity contribution in [2.45, 2.75) is 51.0 Å². The number of carbonyl (C=O) groups excluding carboxylic acids is 2. The van der Waals surface area contributed by atoms with E-state index in [2.05, 4.69) is 9.88 Å². The molecule has 1 aliphatic carbocycles. The second-order valence-electron chi connectivity index (χ2n) is 10.2. The van der Waals surface area contributed by atoms with Crippen molar-refractivity contribution in [3.05, 3.63) is 94.8 Å². The Labute approximate surface area is 217 Å². The Hall–Kier alpha value is -3.93. The minimum Gasteiger partial charge on any atom is -0.507 e. The molecule has 2 aliphatic heterocycles. The van der Waals surface area contributed by atoms with Crippen LogP contribution in [0, 0.1) is 0 Å². The molecule has 3 aromatic rings. The molecule has 0 saturated carbocycles. The fourth-order valence-electron chi connectivity index (χ4n) is 5.96. The van der Waals surface area contributed by atoms with Crippen molar-refractivity contribution in [1.29, 1.82) is 0 Å². The monoisotopic (exact) mass is 493 g/mol. The number of hydrogen-bond acceptors (Lipinski definition) is 5. The molecule has 1 atom stereocenters. The van der Waals surface area contributed by atoms with Crippen LogP contribution in [0.15, 0.2) is 72.6 Å². The van der Waals surface area contributed by atoms with Gasteiger partial charge in [-0.15, -0.1) is 0 Å². The first-order chi connectivity index (χ1) is 18.1. The van der Waals surface area contributed by atoms with Crippen LogP contribution in [0.1, 0.15) is 60.4 Å². The molecular formula is C31H31N3O3. The van der Waals surface area contributed by atoms with Crippen LogP contribution in [-0.2, 0) is 22.4 Å². The Morgan fingerprint density at radius 2 is 1.57 bits per heavy atom. The van der Waals surface area contributed by atoms with E-state index in [0.29, 0.717) is 16.8 Å². The Morgan fingerprint density at radius 1 is 0.838 bits per heavy atom. The molecule has 2 saturated heterocycles. The third kappa shape index (κ3) is 4.31. The van der Waals surface area contributed by atoms with Crippen molar-refractivity contribution in [1.82, 2.24) is 4.98 Å². The predicted molar refractivity (Wildman–Crippen MR) is 145 cm³/mol. The van der Waals surface area contributed by atoms with Crippen LogP contribution in [0.5, 0.6) is 0 Å². The number of aryl methyl sites for hydroxylation is 2. The Morgan fingerprint density at radius 3 is 2.30 bits per heavy atom. The van der Waals surface area contributed by atoms with Gasteiger partial charge in [0.2, 0.25) is 0 Å². The van der Waals surface area contributed by atoms with Gasteiger partial charge in [0.15, 0.2) is 0 Å². The number of amides is 1. The first kappa shape index (κ1) is 23.5. The fraction of sp³-hybridized carbons (Fsp3) is 0.323. The lowest BCUT2D eigenvalue weighted by atomic mass is 9.89. The number of aliphatic hydroxyl groups is 1. The molecule has 6 rings (SSSR count). The molecule has 0 bridgehead atoms. The van der Waals surface area contributed by atoms with Gasteiger partial charge in [-0.3, -0.25) is 19.5 Å². The molecule has 188 valence electrons. The van der Waals surface area contributed by atoms with Gasteiger partial charge < -0.3 is 10.0 Å². The molecule has 1 unspecified atom stereocenters. The van der Waals surface area contributed by atoms with Gasteiger partial charge in [-0.25, -0.2) is 0 Å². The Kier molecular flexibility index (Phi) is 6.25. The SMILES string of the molecule is O=C1C(=O)N(c2ccc(N3CCCCC3)cc2)C(c2cccnc2)/C1=C(/O)c1ccc2c(c1)CCCC2. The zero-order valence-electron chi connectivity index (χ0n) is 20.9.